The van der Waals surface area contributed by atoms with Gasteiger partial charge in [0, 0.05) is 25.6 Å². The number of thiophene rings is 1. The molecule has 0 fully saturated rings. The standard InChI is InChI=1S/C21H19N5O4S/c1-28-8-4-7-25-18-12(10-22)15(14-9-11-5-2-3-6-13(11)29-14)16-17(23)20(30-21(24)27)31-19(16)26-18/h2-3,5-6,9H,4,7-8,23H2,1H3,(H2,24,27)(H,25,26). The number of hydrogen-bond acceptors (Lipinski definition) is 9. The molecular formula is C21H19N5O4S. The van der Waals surface area contributed by atoms with Crippen LogP contribution in [0.15, 0.2) is 34.7 Å². The number of nitrogens with zero attached hydrogens (tertiary/aromatic N) is 2. The van der Waals surface area contributed by atoms with Crippen molar-refractivity contribution < 1.29 is 18.7 Å². The van der Waals surface area contributed by atoms with Gasteiger partial charge >= 0.3 is 6.09 Å². The summed E-state index contributed by atoms with van der Waals surface area (Å²) in [7, 11) is 1.62. The number of anilines is 2. The summed E-state index contributed by atoms with van der Waals surface area (Å²) < 4.78 is 16.2. The average molecular weight is 437 g/mol. The summed E-state index contributed by atoms with van der Waals surface area (Å²) in [5.74, 6) is 0.841. The highest BCUT2D eigenvalue weighted by Gasteiger charge is 2.25. The third kappa shape index (κ3) is 3.84. The Labute approximate surface area is 181 Å². The van der Waals surface area contributed by atoms with Crippen molar-refractivity contribution in [1.29, 1.82) is 5.26 Å². The number of benzene rings is 1. The molecule has 3 aromatic heterocycles. The minimum Gasteiger partial charge on any atom is -0.456 e. The molecule has 0 atom stereocenters. The zero-order valence-electron chi connectivity index (χ0n) is 16.6. The molecule has 158 valence electrons. The van der Waals surface area contributed by atoms with Gasteiger partial charge in [0.2, 0.25) is 5.06 Å². The fourth-order valence-electron chi connectivity index (χ4n) is 3.31. The van der Waals surface area contributed by atoms with E-state index in [4.69, 9.17) is 25.4 Å². The molecule has 0 bridgehead atoms. The number of carbonyl (C=O) groups is 1. The van der Waals surface area contributed by atoms with Gasteiger partial charge in [0.25, 0.3) is 0 Å². The van der Waals surface area contributed by atoms with Gasteiger partial charge in [-0.05, 0) is 18.6 Å². The van der Waals surface area contributed by atoms with Gasteiger partial charge in [-0.25, -0.2) is 9.78 Å². The van der Waals surface area contributed by atoms with Crippen molar-refractivity contribution in [3.05, 3.63) is 35.9 Å². The van der Waals surface area contributed by atoms with E-state index >= 15 is 0 Å². The number of nitrogens with two attached hydrogens (primary N) is 2. The fraction of sp³-hybridized carbons (Fsp3) is 0.190. The predicted octanol–water partition coefficient (Wildman–Crippen LogP) is 4.07. The fourth-order valence-corrected chi connectivity index (χ4v) is 4.27. The molecule has 10 heteroatoms. The number of aromatic nitrogens is 1. The van der Waals surface area contributed by atoms with E-state index in [0.29, 0.717) is 46.1 Å². The quantitative estimate of drug-likeness (QED) is 0.366. The number of primary amides is 1. The van der Waals surface area contributed by atoms with Crippen LogP contribution >= 0.6 is 11.3 Å². The number of nitrogens with one attached hydrogen (secondary N) is 1. The molecule has 5 N–H and O–H groups in total. The summed E-state index contributed by atoms with van der Waals surface area (Å²) in [5, 5.41) is 14.7. The van der Waals surface area contributed by atoms with Crippen molar-refractivity contribution in [3.8, 4) is 22.5 Å². The second-order valence-corrected chi connectivity index (χ2v) is 7.61. The third-order valence-electron chi connectivity index (χ3n) is 4.64. The molecule has 0 radical (unpaired) electrons. The van der Waals surface area contributed by atoms with Crippen molar-refractivity contribution in [2.24, 2.45) is 5.73 Å². The number of furan rings is 1. The molecule has 1 aromatic carbocycles. The van der Waals surface area contributed by atoms with E-state index in [1.807, 2.05) is 30.3 Å². The van der Waals surface area contributed by atoms with Crippen LogP contribution in [0, 0.1) is 11.3 Å². The van der Waals surface area contributed by atoms with E-state index in [1.165, 1.54) is 0 Å². The number of nitrogen functional groups attached to an aromatic ring is 1. The van der Waals surface area contributed by atoms with Gasteiger partial charge in [-0.15, -0.1) is 0 Å². The zero-order valence-corrected chi connectivity index (χ0v) is 17.4. The molecule has 0 spiro atoms. The number of carbonyl (C=O) groups excluding carboxylic acids is 1. The Morgan fingerprint density at radius 2 is 2.19 bits per heavy atom. The first-order chi connectivity index (χ1) is 15.0. The molecule has 0 unspecified atom stereocenters. The van der Waals surface area contributed by atoms with E-state index in [2.05, 4.69) is 16.4 Å². The number of fused-ring (bicyclic) bond motifs is 2. The smallest absolute Gasteiger partial charge is 0.410 e. The second-order valence-electron chi connectivity index (χ2n) is 6.65. The monoisotopic (exact) mass is 437 g/mol. The molecule has 0 saturated heterocycles. The largest absolute Gasteiger partial charge is 0.456 e. The SMILES string of the molecule is COCCCNc1nc2sc(OC(N)=O)c(N)c2c(-c2cc3ccccc3o2)c1C#N. The highest BCUT2D eigenvalue weighted by atomic mass is 32.1. The average Bonchev–Trinajstić information content (AvgIpc) is 3.31. The highest BCUT2D eigenvalue weighted by Crippen LogP contribution is 2.47. The molecule has 31 heavy (non-hydrogen) atoms. The Kier molecular flexibility index (Phi) is 5.62. The van der Waals surface area contributed by atoms with Crippen molar-refractivity contribution in [1.82, 2.24) is 4.98 Å². The van der Waals surface area contributed by atoms with Gasteiger partial charge in [0.15, 0.2) is 0 Å². The van der Waals surface area contributed by atoms with Crippen LogP contribution in [0.5, 0.6) is 5.06 Å². The summed E-state index contributed by atoms with van der Waals surface area (Å²) >= 11 is 1.07. The van der Waals surface area contributed by atoms with E-state index < -0.39 is 6.09 Å². The predicted molar refractivity (Wildman–Crippen MR) is 119 cm³/mol. The van der Waals surface area contributed by atoms with E-state index in [9.17, 15) is 10.1 Å². The maximum Gasteiger partial charge on any atom is 0.410 e. The van der Waals surface area contributed by atoms with Gasteiger partial charge in [0.05, 0.1) is 16.6 Å². The molecule has 0 aliphatic heterocycles. The number of para-hydroxylation sites is 1. The highest BCUT2D eigenvalue weighted by molar-refractivity contribution is 7.21. The Balaban J connectivity index is 1.96. The maximum atomic E-state index is 11.3. The Bertz CT molecular complexity index is 1290. The second kappa shape index (κ2) is 8.51. The van der Waals surface area contributed by atoms with Crippen LogP contribution in [0.3, 0.4) is 0 Å². The number of rotatable bonds is 7. The van der Waals surface area contributed by atoms with Crippen molar-refractivity contribution in [2.45, 2.75) is 6.42 Å². The first-order valence-corrected chi connectivity index (χ1v) is 10.2. The van der Waals surface area contributed by atoms with Crippen molar-refractivity contribution in [2.75, 3.05) is 31.3 Å². The molecule has 3 heterocycles. The van der Waals surface area contributed by atoms with Crippen LogP contribution < -0.4 is 21.5 Å². The molecule has 4 rings (SSSR count). The van der Waals surface area contributed by atoms with E-state index in [-0.39, 0.29) is 16.3 Å². The molecule has 0 saturated carbocycles. The van der Waals surface area contributed by atoms with Crippen molar-refractivity contribution >= 4 is 50.1 Å². The van der Waals surface area contributed by atoms with Gasteiger partial charge in [0.1, 0.15) is 33.6 Å². The number of pyridine rings is 1. The van der Waals surface area contributed by atoms with Gasteiger partial charge in [-0.1, -0.05) is 29.5 Å². The summed E-state index contributed by atoms with van der Waals surface area (Å²) in [6.45, 7) is 1.11. The lowest BCUT2D eigenvalue weighted by molar-refractivity contribution is 0.197. The molecule has 9 nitrogen and oxygen atoms in total. The summed E-state index contributed by atoms with van der Waals surface area (Å²) in [6, 6.07) is 11.6. The topological polar surface area (TPSA) is 149 Å². The lowest BCUT2D eigenvalue weighted by Gasteiger charge is -2.11. The number of nitriles is 1. The first kappa shape index (κ1) is 20.5. The minimum atomic E-state index is -0.984. The number of ether oxygens (including phenoxy) is 2. The molecule has 0 aliphatic rings. The van der Waals surface area contributed by atoms with Crippen LogP contribution in [-0.2, 0) is 4.74 Å². The van der Waals surface area contributed by atoms with E-state index in [1.54, 1.807) is 7.11 Å². The number of hydrogen-bond donors (Lipinski definition) is 3. The van der Waals surface area contributed by atoms with E-state index in [0.717, 1.165) is 23.1 Å². The lowest BCUT2D eigenvalue weighted by Crippen LogP contribution is -2.16. The van der Waals surface area contributed by atoms with Crippen LogP contribution in [-0.4, -0.2) is 31.3 Å². The number of amides is 1. The molecular weight excluding hydrogens is 418 g/mol. The minimum absolute atomic E-state index is 0.118. The Morgan fingerprint density at radius 3 is 2.90 bits per heavy atom. The Hall–Kier alpha value is -3.81. The summed E-state index contributed by atoms with van der Waals surface area (Å²) in [4.78, 5) is 16.3. The molecule has 0 aliphatic carbocycles. The summed E-state index contributed by atoms with van der Waals surface area (Å²) in [5.41, 5.74) is 13.0. The lowest BCUT2D eigenvalue weighted by atomic mass is 10.0. The van der Waals surface area contributed by atoms with Crippen LogP contribution in [0.1, 0.15) is 12.0 Å². The Morgan fingerprint density at radius 1 is 1.39 bits per heavy atom. The normalized spacial score (nSPS) is 11.0. The van der Waals surface area contributed by atoms with Gasteiger partial charge in [-0.3, -0.25) is 0 Å². The first-order valence-electron chi connectivity index (χ1n) is 9.38. The van der Waals surface area contributed by atoms with Crippen LogP contribution in [0.2, 0.25) is 0 Å². The summed E-state index contributed by atoms with van der Waals surface area (Å²) in [6.07, 6.45) is -0.258. The molecule has 4 aromatic rings. The number of methoxy groups -OCH3 is 1. The van der Waals surface area contributed by atoms with Crippen molar-refractivity contribution in [3.63, 3.8) is 0 Å². The third-order valence-corrected chi connectivity index (χ3v) is 5.61. The van der Waals surface area contributed by atoms with Gasteiger partial charge in [-0.2, -0.15) is 5.26 Å². The van der Waals surface area contributed by atoms with Gasteiger partial charge < -0.3 is 30.7 Å². The van der Waals surface area contributed by atoms with Crippen LogP contribution in [0.4, 0.5) is 16.3 Å². The van der Waals surface area contributed by atoms with Crippen LogP contribution in [0.25, 0.3) is 32.5 Å². The zero-order chi connectivity index (χ0) is 22.0. The molecule has 1 amide bonds. The maximum absolute atomic E-state index is 11.3.